The molecule has 41 heavy (non-hydrogen) atoms. The van der Waals surface area contributed by atoms with Crippen LogP contribution in [-0.4, -0.2) is 64.5 Å². The van der Waals surface area contributed by atoms with Crippen LogP contribution in [0.1, 0.15) is 23.2 Å². The molecule has 0 bridgehead atoms. The minimum absolute atomic E-state index is 0.0132. The van der Waals surface area contributed by atoms with E-state index in [4.69, 9.17) is 32.7 Å². The summed E-state index contributed by atoms with van der Waals surface area (Å²) in [7, 11) is 1.68. The normalized spacial score (nSPS) is 16.8. The lowest BCUT2D eigenvalue weighted by atomic mass is 10.1. The molecule has 0 saturated carbocycles. The molecule has 9 nitrogen and oxygen atoms in total. The molecule has 2 fully saturated rings. The Morgan fingerprint density at radius 1 is 0.927 bits per heavy atom. The van der Waals surface area contributed by atoms with Gasteiger partial charge < -0.3 is 35.2 Å². The topological polar surface area (TPSA) is 95.2 Å². The smallest absolute Gasteiger partial charge is 0.323 e. The van der Waals surface area contributed by atoms with Gasteiger partial charge in [-0.05, 0) is 55.3 Å². The average Bonchev–Trinajstić information content (AvgIpc) is 3.52. The lowest BCUT2D eigenvalue weighted by Crippen LogP contribution is -2.47. The number of ether oxygens (including phenoxy) is 2. The number of hydrogen-bond donors (Lipinski definition) is 3. The molecule has 3 aromatic carbocycles. The van der Waals surface area contributed by atoms with Crippen molar-refractivity contribution in [3.05, 3.63) is 76.3 Å². The van der Waals surface area contributed by atoms with E-state index in [1.54, 1.807) is 37.4 Å². The number of halogens is 2. The predicted octanol–water partition coefficient (Wildman–Crippen LogP) is 5.88. The molecule has 3 amide bonds. The van der Waals surface area contributed by atoms with E-state index in [-0.39, 0.29) is 12.0 Å². The first-order valence-electron chi connectivity index (χ1n) is 13.6. The molecule has 216 valence electrons. The van der Waals surface area contributed by atoms with Crippen molar-refractivity contribution < 1.29 is 19.1 Å². The molecule has 3 aromatic rings. The Bertz CT molecular complexity index is 1370. The fourth-order valence-electron chi connectivity index (χ4n) is 5.15. The zero-order valence-corrected chi connectivity index (χ0v) is 24.3. The first-order valence-corrected chi connectivity index (χ1v) is 14.4. The highest BCUT2D eigenvalue weighted by Crippen LogP contribution is 2.32. The van der Waals surface area contributed by atoms with Crippen molar-refractivity contribution in [3.8, 4) is 5.75 Å². The quantitative estimate of drug-likeness (QED) is 0.300. The summed E-state index contributed by atoms with van der Waals surface area (Å²) < 4.78 is 11.2. The summed E-state index contributed by atoms with van der Waals surface area (Å²) in [6.07, 6.45) is 1.93. The van der Waals surface area contributed by atoms with E-state index in [1.165, 1.54) is 0 Å². The number of carbonyl (C=O) groups is 2. The number of anilines is 4. The molecule has 0 radical (unpaired) electrons. The van der Waals surface area contributed by atoms with Crippen molar-refractivity contribution in [2.45, 2.75) is 18.9 Å². The van der Waals surface area contributed by atoms with E-state index in [1.807, 2.05) is 24.3 Å². The zero-order chi connectivity index (χ0) is 28.8. The number of piperazine rings is 1. The van der Waals surface area contributed by atoms with E-state index >= 15 is 0 Å². The van der Waals surface area contributed by atoms with Crippen molar-refractivity contribution in [2.75, 3.05) is 66.9 Å². The first kappa shape index (κ1) is 28.9. The standard InChI is InChI=1S/C30H33Cl2N5O4/c1-40-27-10-3-2-9-26(27)37-15-13-36(14-16-37)25-12-11-20(18-22(25)29(38)33-19-21-6-5-17-41-21)34-30(39)35-28-23(31)7-4-8-24(28)32/h2-4,7-12,18,21H,5-6,13-17,19H2,1H3,(H,33,38)(H2,34,35,39). The first-order chi connectivity index (χ1) is 19.9. The highest BCUT2D eigenvalue weighted by molar-refractivity contribution is 6.39. The number of rotatable bonds is 8. The van der Waals surface area contributed by atoms with Crippen molar-refractivity contribution in [3.63, 3.8) is 0 Å². The number of hydrogen-bond acceptors (Lipinski definition) is 6. The molecular weight excluding hydrogens is 565 g/mol. The minimum Gasteiger partial charge on any atom is -0.495 e. The third kappa shape index (κ3) is 6.98. The molecule has 2 aliphatic rings. The average molecular weight is 599 g/mol. The summed E-state index contributed by atoms with van der Waals surface area (Å²) in [5, 5.41) is 9.16. The number of urea groups is 1. The molecule has 2 saturated heterocycles. The number of nitrogens with zero attached hydrogens (tertiary/aromatic N) is 2. The lowest BCUT2D eigenvalue weighted by Gasteiger charge is -2.38. The molecule has 2 aliphatic heterocycles. The number of benzene rings is 3. The molecule has 1 unspecified atom stereocenters. The van der Waals surface area contributed by atoms with Crippen LogP contribution in [0.4, 0.5) is 27.5 Å². The van der Waals surface area contributed by atoms with Gasteiger partial charge in [0.2, 0.25) is 0 Å². The second-order valence-electron chi connectivity index (χ2n) is 9.90. The highest BCUT2D eigenvalue weighted by Gasteiger charge is 2.25. The van der Waals surface area contributed by atoms with Crippen LogP contribution in [0.25, 0.3) is 0 Å². The summed E-state index contributed by atoms with van der Waals surface area (Å²) in [6, 6.07) is 17.8. The maximum atomic E-state index is 13.5. The van der Waals surface area contributed by atoms with Crippen LogP contribution >= 0.6 is 23.2 Å². The van der Waals surface area contributed by atoms with Crippen molar-refractivity contribution >= 4 is 57.9 Å². The molecule has 0 aliphatic carbocycles. The van der Waals surface area contributed by atoms with Gasteiger partial charge in [0, 0.05) is 50.7 Å². The monoisotopic (exact) mass is 597 g/mol. The summed E-state index contributed by atoms with van der Waals surface area (Å²) >= 11 is 12.4. The summed E-state index contributed by atoms with van der Waals surface area (Å²) in [4.78, 5) is 30.7. The van der Waals surface area contributed by atoms with E-state index in [9.17, 15) is 9.59 Å². The molecule has 3 N–H and O–H groups in total. The largest absolute Gasteiger partial charge is 0.495 e. The molecule has 2 heterocycles. The van der Waals surface area contributed by atoms with Crippen LogP contribution in [0, 0.1) is 0 Å². The van der Waals surface area contributed by atoms with Crippen molar-refractivity contribution in [1.82, 2.24) is 5.32 Å². The summed E-state index contributed by atoms with van der Waals surface area (Å²) in [5.74, 6) is 0.614. The van der Waals surface area contributed by atoms with Crippen LogP contribution in [-0.2, 0) is 4.74 Å². The van der Waals surface area contributed by atoms with E-state index < -0.39 is 6.03 Å². The fraction of sp³-hybridized carbons (Fsp3) is 0.333. The second kappa shape index (κ2) is 13.3. The van der Waals surface area contributed by atoms with Gasteiger partial charge in [0.1, 0.15) is 5.75 Å². The molecule has 0 spiro atoms. The van der Waals surface area contributed by atoms with Gasteiger partial charge in [-0.15, -0.1) is 0 Å². The Kier molecular flexibility index (Phi) is 9.38. The summed E-state index contributed by atoms with van der Waals surface area (Å²) in [5.41, 5.74) is 3.10. The van der Waals surface area contributed by atoms with Gasteiger partial charge in [0.25, 0.3) is 5.91 Å². The van der Waals surface area contributed by atoms with E-state index in [2.05, 4.69) is 31.8 Å². The summed E-state index contributed by atoms with van der Waals surface area (Å²) in [6.45, 7) is 4.09. The SMILES string of the molecule is COc1ccccc1N1CCN(c2ccc(NC(=O)Nc3c(Cl)cccc3Cl)cc2C(=O)NCC2CCCO2)CC1. The van der Waals surface area contributed by atoms with Crippen LogP contribution < -0.4 is 30.5 Å². The Morgan fingerprint density at radius 2 is 1.63 bits per heavy atom. The second-order valence-corrected chi connectivity index (χ2v) is 10.7. The zero-order valence-electron chi connectivity index (χ0n) is 22.8. The van der Waals surface area contributed by atoms with E-state index in [0.717, 1.165) is 43.1 Å². The van der Waals surface area contributed by atoms with E-state index in [0.29, 0.717) is 53.2 Å². The van der Waals surface area contributed by atoms with Crippen LogP contribution in [0.15, 0.2) is 60.7 Å². The van der Waals surface area contributed by atoms with Gasteiger partial charge in [-0.3, -0.25) is 4.79 Å². The third-order valence-electron chi connectivity index (χ3n) is 7.26. The third-order valence-corrected chi connectivity index (χ3v) is 7.89. The van der Waals surface area contributed by atoms with Crippen LogP contribution in [0.3, 0.4) is 0 Å². The maximum Gasteiger partial charge on any atom is 0.323 e. The van der Waals surface area contributed by atoms with Crippen LogP contribution in [0.5, 0.6) is 5.75 Å². The number of methoxy groups -OCH3 is 1. The van der Waals surface area contributed by atoms with Gasteiger partial charge in [-0.1, -0.05) is 41.4 Å². The Morgan fingerprint density at radius 3 is 2.32 bits per heavy atom. The lowest BCUT2D eigenvalue weighted by molar-refractivity contribution is 0.0858. The number of carbonyl (C=O) groups excluding carboxylic acids is 2. The molecule has 5 rings (SSSR count). The number of amides is 3. The van der Waals surface area contributed by atoms with Gasteiger partial charge in [-0.2, -0.15) is 0 Å². The maximum absolute atomic E-state index is 13.5. The van der Waals surface area contributed by atoms with Crippen LogP contribution in [0.2, 0.25) is 10.0 Å². The van der Waals surface area contributed by atoms with Crippen molar-refractivity contribution in [2.24, 2.45) is 0 Å². The minimum atomic E-state index is -0.524. The fourth-order valence-corrected chi connectivity index (χ4v) is 5.64. The van der Waals surface area contributed by atoms with Gasteiger partial charge in [0.15, 0.2) is 0 Å². The predicted molar refractivity (Wildman–Crippen MR) is 164 cm³/mol. The van der Waals surface area contributed by atoms with Gasteiger partial charge in [0.05, 0.1) is 40.2 Å². The number of nitrogens with one attached hydrogen (secondary N) is 3. The highest BCUT2D eigenvalue weighted by atomic mass is 35.5. The Hall–Kier alpha value is -3.66. The van der Waals surface area contributed by atoms with Gasteiger partial charge in [-0.25, -0.2) is 4.79 Å². The molecular formula is C30H33Cl2N5O4. The molecule has 0 aromatic heterocycles. The Labute approximate surface area is 249 Å². The number of para-hydroxylation sites is 3. The van der Waals surface area contributed by atoms with Crippen molar-refractivity contribution in [1.29, 1.82) is 0 Å². The molecule has 11 heteroatoms. The molecule has 1 atom stereocenters. The van der Waals surface area contributed by atoms with Gasteiger partial charge >= 0.3 is 6.03 Å². The Balaban J connectivity index is 1.33.